The van der Waals surface area contributed by atoms with Crippen LogP contribution in [0.1, 0.15) is 44.4 Å². The van der Waals surface area contributed by atoms with Crippen molar-refractivity contribution in [2.45, 2.75) is 46.3 Å². The Morgan fingerprint density at radius 2 is 1.82 bits per heavy atom. The van der Waals surface area contributed by atoms with Crippen molar-refractivity contribution >= 4 is 0 Å². The molecule has 1 aromatic carbocycles. The minimum Gasteiger partial charge on any atom is -0.372 e. The van der Waals surface area contributed by atoms with E-state index in [1.807, 2.05) is 0 Å². The van der Waals surface area contributed by atoms with Gasteiger partial charge in [0.1, 0.15) is 0 Å². The van der Waals surface area contributed by atoms with Crippen LogP contribution in [0.3, 0.4) is 0 Å². The zero-order valence-corrected chi connectivity index (χ0v) is 11.5. The summed E-state index contributed by atoms with van der Waals surface area (Å²) < 4.78 is 5.91. The van der Waals surface area contributed by atoms with Crippen molar-refractivity contribution < 1.29 is 4.74 Å². The van der Waals surface area contributed by atoms with Gasteiger partial charge in [0, 0.05) is 19.2 Å². The Hall–Kier alpha value is -0.860. The van der Waals surface area contributed by atoms with Gasteiger partial charge in [-0.2, -0.15) is 0 Å². The Bertz CT molecular complexity index is 305. The highest BCUT2D eigenvalue weighted by Crippen LogP contribution is 2.17. The molecule has 2 heteroatoms. The summed E-state index contributed by atoms with van der Waals surface area (Å²) in [6.07, 6.45) is 1.22. The normalized spacial score (nSPS) is 13.0. The second-order valence-electron chi connectivity index (χ2n) is 4.83. The molecule has 1 aromatic rings. The van der Waals surface area contributed by atoms with E-state index in [-0.39, 0.29) is 6.10 Å². The zero-order chi connectivity index (χ0) is 12.7. The fourth-order valence-electron chi connectivity index (χ4n) is 1.66. The number of hydrogen-bond donors (Lipinski definition) is 1. The van der Waals surface area contributed by atoms with Crippen molar-refractivity contribution in [2.75, 3.05) is 13.2 Å². The molecular weight excluding hydrogens is 210 g/mol. The van der Waals surface area contributed by atoms with Crippen LogP contribution in [-0.4, -0.2) is 19.2 Å². The summed E-state index contributed by atoms with van der Waals surface area (Å²) in [4.78, 5) is 0. The Morgan fingerprint density at radius 3 is 2.35 bits per heavy atom. The first kappa shape index (κ1) is 14.2. The van der Waals surface area contributed by atoms with Crippen LogP contribution in [0.4, 0.5) is 0 Å². The summed E-state index contributed by atoms with van der Waals surface area (Å²) in [7, 11) is 0. The van der Waals surface area contributed by atoms with Gasteiger partial charge in [-0.3, -0.25) is 0 Å². The molecule has 2 nitrogen and oxygen atoms in total. The minimum absolute atomic E-state index is 0.165. The Kier molecular flexibility index (Phi) is 6.23. The molecule has 1 unspecified atom stereocenters. The highest BCUT2D eigenvalue weighted by molar-refractivity contribution is 5.23. The smallest absolute Gasteiger partial charge is 0.0949 e. The molecular formula is C15H25NO. The molecule has 0 aliphatic carbocycles. The number of nitrogens with one attached hydrogen (secondary N) is 1. The number of aryl methyl sites for hydroxylation is 1. The quantitative estimate of drug-likeness (QED) is 0.781. The molecule has 1 N–H and O–H groups in total. The van der Waals surface area contributed by atoms with Crippen LogP contribution in [0.15, 0.2) is 24.3 Å². The van der Waals surface area contributed by atoms with Crippen molar-refractivity contribution in [3.05, 3.63) is 35.4 Å². The van der Waals surface area contributed by atoms with Crippen molar-refractivity contribution in [3.8, 4) is 0 Å². The van der Waals surface area contributed by atoms with E-state index in [4.69, 9.17) is 4.74 Å². The SMILES string of the molecule is CCCOC(CNC(C)C)c1ccc(C)cc1. The van der Waals surface area contributed by atoms with Crippen LogP contribution in [0.2, 0.25) is 0 Å². The molecule has 0 spiro atoms. The highest BCUT2D eigenvalue weighted by atomic mass is 16.5. The molecule has 0 aromatic heterocycles. The Labute approximate surface area is 105 Å². The predicted molar refractivity (Wildman–Crippen MR) is 73.3 cm³/mol. The van der Waals surface area contributed by atoms with Crippen LogP contribution < -0.4 is 5.32 Å². The monoisotopic (exact) mass is 235 g/mol. The molecule has 96 valence electrons. The summed E-state index contributed by atoms with van der Waals surface area (Å²) in [6.45, 7) is 10.3. The van der Waals surface area contributed by atoms with Gasteiger partial charge in [0.2, 0.25) is 0 Å². The van der Waals surface area contributed by atoms with Gasteiger partial charge >= 0.3 is 0 Å². The predicted octanol–water partition coefficient (Wildman–Crippen LogP) is 3.46. The maximum atomic E-state index is 5.91. The van der Waals surface area contributed by atoms with E-state index in [0.29, 0.717) is 6.04 Å². The summed E-state index contributed by atoms with van der Waals surface area (Å²) >= 11 is 0. The van der Waals surface area contributed by atoms with Gasteiger partial charge in [-0.15, -0.1) is 0 Å². The molecule has 1 atom stereocenters. The number of benzene rings is 1. The molecule has 0 aliphatic heterocycles. The van der Waals surface area contributed by atoms with E-state index >= 15 is 0 Å². The first-order chi connectivity index (χ1) is 8.13. The largest absolute Gasteiger partial charge is 0.372 e. The third kappa shape index (κ3) is 5.33. The third-order valence-electron chi connectivity index (χ3n) is 2.68. The lowest BCUT2D eigenvalue weighted by Crippen LogP contribution is -2.29. The van der Waals surface area contributed by atoms with Crippen LogP contribution in [-0.2, 0) is 4.74 Å². The molecule has 0 heterocycles. The summed E-state index contributed by atoms with van der Waals surface area (Å²) in [5.74, 6) is 0. The fourth-order valence-corrected chi connectivity index (χ4v) is 1.66. The summed E-state index contributed by atoms with van der Waals surface area (Å²) in [5.41, 5.74) is 2.55. The Morgan fingerprint density at radius 1 is 1.18 bits per heavy atom. The average Bonchev–Trinajstić information content (AvgIpc) is 2.30. The third-order valence-corrected chi connectivity index (χ3v) is 2.68. The van der Waals surface area contributed by atoms with E-state index in [1.54, 1.807) is 0 Å². The van der Waals surface area contributed by atoms with E-state index in [1.165, 1.54) is 11.1 Å². The molecule has 1 rings (SSSR count). The van der Waals surface area contributed by atoms with Crippen molar-refractivity contribution in [3.63, 3.8) is 0 Å². The zero-order valence-electron chi connectivity index (χ0n) is 11.5. The van der Waals surface area contributed by atoms with Gasteiger partial charge in [-0.25, -0.2) is 0 Å². The highest BCUT2D eigenvalue weighted by Gasteiger charge is 2.11. The van der Waals surface area contributed by atoms with E-state index in [9.17, 15) is 0 Å². The van der Waals surface area contributed by atoms with Crippen molar-refractivity contribution in [1.29, 1.82) is 0 Å². The lowest BCUT2D eigenvalue weighted by Gasteiger charge is -2.20. The van der Waals surface area contributed by atoms with Crippen LogP contribution in [0, 0.1) is 6.92 Å². The van der Waals surface area contributed by atoms with Crippen LogP contribution in [0.5, 0.6) is 0 Å². The Balaban J connectivity index is 2.63. The lowest BCUT2D eigenvalue weighted by molar-refractivity contribution is 0.0517. The first-order valence-electron chi connectivity index (χ1n) is 6.55. The van der Waals surface area contributed by atoms with Gasteiger partial charge in [-0.05, 0) is 18.9 Å². The minimum atomic E-state index is 0.165. The van der Waals surface area contributed by atoms with Gasteiger partial charge in [-0.1, -0.05) is 50.6 Å². The second-order valence-corrected chi connectivity index (χ2v) is 4.83. The average molecular weight is 235 g/mol. The molecule has 0 saturated carbocycles. The maximum Gasteiger partial charge on any atom is 0.0949 e. The van der Waals surface area contributed by atoms with Gasteiger partial charge in [0.15, 0.2) is 0 Å². The lowest BCUT2D eigenvalue weighted by atomic mass is 10.1. The number of ether oxygens (including phenoxy) is 1. The fraction of sp³-hybridized carbons (Fsp3) is 0.600. The van der Waals surface area contributed by atoms with Crippen molar-refractivity contribution in [2.24, 2.45) is 0 Å². The van der Waals surface area contributed by atoms with Gasteiger partial charge < -0.3 is 10.1 Å². The molecule has 0 aliphatic rings. The van der Waals surface area contributed by atoms with Gasteiger partial charge in [0.25, 0.3) is 0 Å². The molecule has 0 fully saturated rings. The first-order valence-corrected chi connectivity index (χ1v) is 6.55. The van der Waals surface area contributed by atoms with Gasteiger partial charge in [0.05, 0.1) is 6.10 Å². The maximum absolute atomic E-state index is 5.91. The van der Waals surface area contributed by atoms with Crippen LogP contribution in [0.25, 0.3) is 0 Å². The topological polar surface area (TPSA) is 21.3 Å². The molecule has 17 heavy (non-hydrogen) atoms. The van der Waals surface area contributed by atoms with Crippen molar-refractivity contribution in [1.82, 2.24) is 5.32 Å². The van der Waals surface area contributed by atoms with E-state index in [0.717, 1.165) is 19.6 Å². The summed E-state index contributed by atoms with van der Waals surface area (Å²) in [5, 5.41) is 3.44. The second kappa shape index (κ2) is 7.46. The van der Waals surface area contributed by atoms with E-state index in [2.05, 4.69) is 57.3 Å². The number of hydrogen-bond acceptors (Lipinski definition) is 2. The van der Waals surface area contributed by atoms with E-state index < -0.39 is 0 Å². The molecule has 0 amide bonds. The summed E-state index contributed by atoms with van der Waals surface area (Å²) in [6, 6.07) is 9.11. The number of rotatable bonds is 7. The molecule has 0 saturated heterocycles. The standard InChI is InChI=1S/C15H25NO/c1-5-10-17-15(11-16-12(2)3)14-8-6-13(4)7-9-14/h6-9,12,15-16H,5,10-11H2,1-4H3. The molecule has 0 radical (unpaired) electrons. The molecule has 0 bridgehead atoms. The van der Waals surface area contributed by atoms with Crippen LogP contribution >= 0.6 is 0 Å².